The molecule has 6 nitrogen and oxygen atoms in total. The van der Waals surface area contributed by atoms with Crippen LogP contribution in [0.15, 0.2) is 54.6 Å². The number of aromatic amines is 1. The van der Waals surface area contributed by atoms with E-state index in [1.54, 1.807) is 42.5 Å². The molecule has 1 aliphatic heterocycles. The van der Waals surface area contributed by atoms with Crippen LogP contribution in [0.2, 0.25) is 0 Å². The number of hydrogen-bond donors (Lipinski definition) is 2. The Morgan fingerprint density at radius 3 is 2.57 bits per heavy atom. The Balaban J connectivity index is 1.32. The smallest absolute Gasteiger partial charge is 0.231 e. The molecule has 8 heteroatoms. The van der Waals surface area contributed by atoms with Crippen molar-refractivity contribution in [2.75, 3.05) is 12.1 Å². The van der Waals surface area contributed by atoms with E-state index in [0.717, 1.165) is 6.07 Å². The lowest BCUT2D eigenvalue weighted by molar-refractivity contribution is 0.174. The van der Waals surface area contributed by atoms with E-state index in [0.29, 0.717) is 40.2 Å². The minimum absolute atomic E-state index is 0.0507. The number of imidazole rings is 1. The second-order valence-corrected chi connectivity index (χ2v) is 6.11. The van der Waals surface area contributed by atoms with Gasteiger partial charge in [-0.1, -0.05) is 0 Å². The third-order valence-corrected chi connectivity index (χ3v) is 4.24. The lowest BCUT2D eigenvalue weighted by Crippen LogP contribution is -1.93. The summed E-state index contributed by atoms with van der Waals surface area (Å²) >= 11 is 0. The lowest BCUT2D eigenvalue weighted by Gasteiger charge is -2.08. The van der Waals surface area contributed by atoms with Crippen molar-refractivity contribution in [3.8, 4) is 23.0 Å². The summed E-state index contributed by atoms with van der Waals surface area (Å²) in [6.45, 7) is 0.206. The summed E-state index contributed by atoms with van der Waals surface area (Å²) in [5, 5.41) is 3.02. The fraction of sp³-hybridized carbons (Fsp3) is 0.0500. The average Bonchev–Trinajstić information content (AvgIpc) is 3.33. The number of H-pyrrole nitrogens is 1. The van der Waals surface area contributed by atoms with Crippen LogP contribution in [-0.2, 0) is 0 Å². The summed E-state index contributed by atoms with van der Waals surface area (Å²) in [6.07, 6.45) is 0. The van der Waals surface area contributed by atoms with Gasteiger partial charge in [-0.15, -0.1) is 0 Å². The molecule has 0 saturated heterocycles. The Bertz CT molecular complexity index is 1180. The van der Waals surface area contributed by atoms with Gasteiger partial charge in [0.2, 0.25) is 12.7 Å². The molecule has 0 spiro atoms. The SMILES string of the molecule is Fc1ccc2[nH]c(Nc3ccc(Oc4ccc5c(c4)OCO5)cc3)nc2c1F. The Morgan fingerprint density at radius 2 is 1.71 bits per heavy atom. The van der Waals surface area contributed by atoms with Gasteiger partial charge >= 0.3 is 0 Å². The number of rotatable bonds is 4. The van der Waals surface area contributed by atoms with E-state index in [-0.39, 0.29) is 12.3 Å². The van der Waals surface area contributed by atoms with E-state index in [1.165, 1.54) is 6.07 Å². The van der Waals surface area contributed by atoms with Crippen molar-refractivity contribution < 1.29 is 23.0 Å². The largest absolute Gasteiger partial charge is 0.457 e. The highest BCUT2D eigenvalue weighted by Crippen LogP contribution is 2.36. The van der Waals surface area contributed by atoms with Crippen LogP contribution >= 0.6 is 0 Å². The van der Waals surface area contributed by atoms with Gasteiger partial charge in [-0.3, -0.25) is 0 Å². The number of ether oxygens (including phenoxy) is 3. The first kappa shape index (κ1) is 16.4. The monoisotopic (exact) mass is 381 g/mol. The van der Waals surface area contributed by atoms with Gasteiger partial charge in [0.25, 0.3) is 0 Å². The third-order valence-electron chi connectivity index (χ3n) is 4.24. The molecule has 0 bridgehead atoms. The van der Waals surface area contributed by atoms with Gasteiger partial charge in [-0.25, -0.2) is 13.8 Å². The first-order valence-electron chi connectivity index (χ1n) is 8.44. The minimum atomic E-state index is -0.978. The molecule has 1 aliphatic rings. The van der Waals surface area contributed by atoms with Crippen molar-refractivity contribution in [1.82, 2.24) is 9.97 Å². The van der Waals surface area contributed by atoms with Crippen molar-refractivity contribution in [1.29, 1.82) is 0 Å². The molecule has 2 heterocycles. The molecule has 0 amide bonds. The van der Waals surface area contributed by atoms with Gasteiger partial charge in [-0.2, -0.15) is 0 Å². The zero-order valence-corrected chi connectivity index (χ0v) is 14.3. The fourth-order valence-electron chi connectivity index (χ4n) is 2.90. The molecule has 0 fully saturated rings. The van der Waals surface area contributed by atoms with E-state index in [2.05, 4.69) is 15.3 Å². The van der Waals surface area contributed by atoms with Crippen LogP contribution < -0.4 is 19.5 Å². The van der Waals surface area contributed by atoms with Crippen LogP contribution in [0, 0.1) is 11.6 Å². The van der Waals surface area contributed by atoms with Crippen LogP contribution in [0.1, 0.15) is 0 Å². The number of hydrogen-bond acceptors (Lipinski definition) is 5. The Hall–Kier alpha value is -3.81. The maximum atomic E-state index is 13.8. The van der Waals surface area contributed by atoms with Crippen molar-refractivity contribution in [2.45, 2.75) is 0 Å². The molecule has 4 aromatic rings. The molecule has 0 saturated carbocycles. The lowest BCUT2D eigenvalue weighted by atomic mass is 10.3. The number of aromatic nitrogens is 2. The van der Waals surface area contributed by atoms with Gasteiger partial charge in [0.05, 0.1) is 5.52 Å². The Labute approximate surface area is 157 Å². The van der Waals surface area contributed by atoms with Crippen LogP contribution in [-0.4, -0.2) is 16.8 Å². The molecule has 5 rings (SSSR count). The maximum absolute atomic E-state index is 13.8. The molecular formula is C20H13F2N3O3. The van der Waals surface area contributed by atoms with Gasteiger partial charge < -0.3 is 24.5 Å². The predicted octanol–water partition coefficient (Wildman–Crippen LogP) is 5.11. The number of benzene rings is 3. The summed E-state index contributed by atoms with van der Waals surface area (Å²) in [7, 11) is 0. The topological polar surface area (TPSA) is 68.4 Å². The van der Waals surface area contributed by atoms with E-state index in [4.69, 9.17) is 14.2 Å². The molecule has 3 aromatic carbocycles. The normalized spacial score (nSPS) is 12.4. The zero-order chi connectivity index (χ0) is 19.1. The average molecular weight is 381 g/mol. The molecule has 0 aliphatic carbocycles. The first-order chi connectivity index (χ1) is 13.7. The molecular weight excluding hydrogens is 368 g/mol. The van der Waals surface area contributed by atoms with Crippen LogP contribution in [0.5, 0.6) is 23.0 Å². The standard InChI is InChI=1S/C20H13F2N3O3/c21-14-6-7-15-19(18(14)22)25-20(24-15)23-11-1-3-12(4-2-11)28-13-5-8-16-17(9-13)27-10-26-16/h1-9H,10H2,(H2,23,24,25). The number of nitrogens with zero attached hydrogens (tertiary/aromatic N) is 1. The highest BCUT2D eigenvalue weighted by molar-refractivity contribution is 5.79. The predicted molar refractivity (Wildman–Crippen MR) is 98.4 cm³/mol. The first-order valence-corrected chi connectivity index (χ1v) is 8.44. The Morgan fingerprint density at radius 1 is 0.929 bits per heavy atom. The molecule has 0 unspecified atom stereocenters. The van der Waals surface area contributed by atoms with Crippen molar-refractivity contribution in [2.24, 2.45) is 0 Å². The molecule has 0 radical (unpaired) electrons. The van der Waals surface area contributed by atoms with Crippen molar-refractivity contribution in [3.05, 3.63) is 66.2 Å². The quantitative estimate of drug-likeness (QED) is 0.514. The van der Waals surface area contributed by atoms with E-state index >= 15 is 0 Å². The third kappa shape index (κ3) is 2.94. The number of nitrogens with one attached hydrogen (secondary N) is 2. The van der Waals surface area contributed by atoms with Crippen molar-refractivity contribution >= 4 is 22.7 Å². The summed E-state index contributed by atoms with van der Waals surface area (Å²) in [6, 6.07) is 15.0. The summed E-state index contributed by atoms with van der Waals surface area (Å²) in [5.41, 5.74) is 1.06. The number of fused-ring (bicyclic) bond motifs is 2. The van der Waals surface area contributed by atoms with Crippen LogP contribution in [0.25, 0.3) is 11.0 Å². The highest BCUT2D eigenvalue weighted by Gasteiger charge is 2.14. The van der Waals surface area contributed by atoms with E-state index in [9.17, 15) is 8.78 Å². The van der Waals surface area contributed by atoms with E-state index < -0.39 is 11.6 Å². The molecule has 140 valence electrons. The Kier molecular flexibility index (Phi) is 3.75. The summed E-state index contributed by atoms with van der Waals surface area (Å²) in [5.74, 6) is 0.981. The number of anilines is 2. The van der Waals surface area contributed by atoms with Crippen molar-refractivity contribution in [3.63, 3.8) is 0 Å². The minimum Gasteiger partial charge on any atom is -0.457 e. The molecule has 2 N–H and O–H groups in total. The summed E-state index contributed by atoms with van der Waals surface area (Å²) < 4.78 is 43.5. The van der Waals surface area contributed by atoms with Crippen LogP contribution in [0.4, 0.5) is 20.4 Å². The fourth-order valence-corrected chi connectivity index (χ4v) is 2.90. The van der Waals surface area contributed by atoms with Crippen LogP contribution in [0.3, 0.4) is 0 Å². The van der Waals surface area contributed by atoms with Gasteiger partial charge in [0.1, 0.15) is 17.0 Å². The second-order valence-electron chi connectivity index (χ2n) is 6.11. The van der Waals surface area contributed by atoms with E-state index in [1.807, 2.05) is 0 Å². The molecule has 0 atom stereocenters. The second kappa shape index (κ2) is 6.41. The molecule has 1 aromatic heterocycles. The van der Waals surface area contributed by atoms with Gasteiger partial charge in [0.15, 0.2) is 23.1 Å². The zero-order valence-electron chi connectivity index (χ0n) is 14.3. The maximum Gasteiger partial charge on any atom is 0.231 e. The summed E-state index contributed by atoms with van der Waals surface area (Å²) in [4.78, 5) is 6.96. The highest BCUT2D eigenvalue weighted by atomic mass is 19.2. The molecule has 28 heavy (non-hydrogen) atoms. The number of halogens is 2. The van der Waals surface area contributed by atoms with Gasteiger partial charge in [-0.05, 0) is 48.5 Å². The van der Waals surface area contributed by atoms with Gasteiger partial charge in [0, 0.05) is 11.8 Å².